The van der Waals surface area contributed by atoms with E-state index >= 15 is 4.39 Å². The Morgan fingerprint density at radius 2 is 1.85 bits per heavy atom. The quantitative estimate of drug-likeness (QED) is 0.328. The van der Waals surface area contributed by atoms with E-state index in [0.717, 1.165) is 37.8 Å². The Bertz CT molecular complexity index is 1500. The zero-order valence-electron chi connectivity index (χ0n) is 23.1. The average Bonchev–Trinajstić information content (AvgIpc) is 3.39. The summed E-state index contributed by atoms with van der Waals surface area (Å²) in [5, 5.41) is 18.0. The first-order valence-corrected chi connectivity index (χ1v) is 14.3. The first kappa shape index (κ1) is 28.6. The molecule has 3 aromatic rings. The number of pyridine rings is 1. The van der Waals surface area contributed by atoms with Gasteiger partial charge in [0, 0.05) is 49.9 Å². The zero-order chi connectivity index (χ0) is 29.3. The van der Waals surface area contributed by atoms with Crippen molar-refractivity contribution in [1.82, 2.24) is 14.8 Å². The Labute approximate surface area is 242 Å². The van der Waals surface area contributed by atoms with Crippen LogP contribution in [-0.2, 0) is 22.7 Å². The number of amides is 3. The van der Waals surface area contributed by atoms with Gasteiger partial charge in [-0.15, -0.1) is 0 Å². The molecule has 2 aliphatic rings. The predicted molar refractivity (Wildman–Crippen MR) is 153 cm³/mol. The number of nitrogens with one attached hydrogen (secondary N) is 2. The molecule has 5 rings (SSSR count). The highest BCUT2D eigenvalue weighted by molar-refractivity contribution is 6.33. The van der Waals surface area contributed by atoms with Crippen LogP contribution in [0, 0.1) is 23.9 Å². The van der Waals surface area contributed by atoms with Crippen molar-refractivity contribution < 1.29 is 23.5 Å². The van der Waals surface area contributed by atoms with E-state index in [1.165, 1.54) is 31.3 Å². The van der Waals surface area contributed by atoms with Gasteiger partial charge in [-0.05, 0) is 49.1 Å². The normalized spacial score (nSPS) is 16.1. The Balaban J connectivity index is 1.36. The van der Waals surface area contributed by atoms with Crippen LogP contribution in [-0.4, -0.2) is 39.8 Å². The summed E-state index contributed by atoms with van der Waals surface area (Å²) in [6, 6.07) is 8.38. The first-order chi connectivity index (χ1) is 19.6. The van der Waals surface area contributed by atoms with Crippen molar-refractivity contribution in [3.63, 3.8) is 0 Å². The lowest BCUT2D eigenvalue weighted by atomic mass is 9.83. The molecular formula is C30H33ClFN5O4. The minimum atomic E-state index is -0.806. The fourth-order valence-corrected chi connectivity index (χ4v) is 6.20. The van der Waals surface area contributed by atoms with Crippen molar-refractivity contribution >= 4 is 35.0 Å². The van der Waals surface area contributed by atoms with Crippen LogP contribution in [0.15, 0.2) is 42.6 Å². The molecule has 2 aromatic heterocycles. The monoisotopic (exact) mass is 581 g/mol. The van der Waals surface area contributed by atoms with Gasteiger partial charge in [0.05, 0.1) is 17.1 Å². The molecule has 1 atom stereocenters. The summed E-state index contributed by atoms with van der Waals surface area (Å²) in [5.41, 5.74) is 2.23. The van der Waals surface area contributed by atoms with Crippen LogP contribution in [0.3, 0.4) is 0 Å². The van der Waals surface area contributed by atoms with E-state index in [2.05, 4.69) is 10.6 Å². The van der Waals surface area contributed by atoms with Gasteiger partial charge in [-0.25, -0.2) is 4.39 Å². The van der Waals surface area contributed by atoms with Crippen LogP contribution in [0.2, 0.25) is 5.02 Å². The zero-order valence-corrected chi connectivity index (χ0v) is 23.8. The number of carbonyl (C=O) groups is 3. The number of halogens is 2. The van der Waals surface area contributed by atoms with Gasteiger partial charge in [0.25, 0.3) is 5.91 Å². The van der Waals surface area contributed by atoms with Gasteiger partial charge in [-0.3, -0.25) is 14.4 Å². The summed E-state index contributed by atoms with van der Waals surface area (Å²) in [5.74, 6) is -1.49. The standard InChI is InChI=1S/C30H33ClFN5O4/c1-18-27(24(31)12-13-37(18)41)23-10-8-21(16-25(23)32)33-30(40)28(20-6-4-3-5-7-20)34-29(39)26-11-9-22-17-35(19(2)38)14-15-36(22)26/h8-13,16,20,28H,3-7,14-15,17H2,1-2H3,(H,33,40)(H,34,39)/t28-/m0/s1. The molecule has 3 heterocycles. The molecule has 1 aliphatic carbocycles. The number of hydrogen-bond donors (Lipinski definition) is 2. The van der Waals surface area contributed by atoms with Crippen LogP contribution in [0.1, 0.15) is 60.9 Å². The van der Waals surface area contributed by atoms with Gasteiger partial charge in [-0.1, -0.05) is 30.9 Å². The molecule has 1 fully saturated rings. The summed E-state index contributed by atoms with van der Waals surface area (Å²) in [4.78, 5) is 40.6. The second-order valence-electron chi connectivity index (χ2n) is 10.8. The lowest BCUT2D eigenvalue weighted by Crippen LogP contribution is -2.49. The Morgan fingerprint density at radius 3 is 2.56 bits per heavy atom. The second-order valence-corrected chi connectivity index (χ2v) is 11.2. The smallest absolute Gasteiger partial charge is 0.268 e. The maximum Gasteiger partial charge on any atom is 0.268 e. The van der Waals surface area contributed by atoms with E-state index in [9.17, 15) is 19.6 Å². The molecule has 0 spiro atoms. The predicted octanol–water partition coefficient (Wildman–Crippen LogP) is 4.57. The SMILES string of the molecule is CC(=O)N1CCn2c(ccc2C(=O)N[C@H](C(=O)Nc2ccc(-c3c(Cl)cc[n+]([O-])c3C)c(F)c2)C2CCCCC2)C1. The van der Waals surface area contributed by atoms with Crippen molar-refractivity contribution in [1.29, 1.82) is 0 Å². The third-order valence-corrected chi connectivity index (χ3v) is 8.49. The highest BCUT2D eigenvalue weighted by Gasteiger charge is 2.33. The number of benzene rings is 1. The summed E-state index contributed by atoms with van der Waals surface area (Å²) in [6.45, 7) is 4.52. The number of hydrogen-bond acceptors (Lipinski definition) is 4. The molecular weight excluding hydrogens is 549 g/mol. The summed E-state index contributed by atoms with van der Waals surface area (Å²) in [7, 11) is 0. The number of anilines is 1. The van der Waals surface area contributed by atoms with Crippen LogP contribution >= 0.6 is 11.6 Å². The maximum atomic E-state index is 15.2. The van der Waals surface area contributed by atoms with Crippen molar-refractivity contribution in [2.45, 2.75) is 65.1 Å². The lowest BCUT2D eigenvalue weighted by Gasteiger charge is -2.31. The van der Waals surface area contributed by atoms with Crippen LogP contribution in [0.4, 0.5) is 10.1 Å². The van der Waals surface area contributed by atoms with Gasteiger partial charge < -0.3 is 25.3 Å². The van der Waals surface area contributed by atoms with Crippen LogP contribution < -0.4 is 15.4 Å². The number of carbonyl (C=O) groups excluding carboxylic acids is 3. The van der Waals surface area contributed by atoms with Gasteiger partial charge in [0.15, 0.2) is 11.9 Å². The van der Waals surface area contributed by atoms with Crippen LogP contribution in [0.5, 0.6) is 0 Å². The molecule has 0 unspecified atom stereocenters. The molecule has 11 heteroatoms. The van der Waals surface area contributed by atoms with Crippen molar-refractivity contribution in [2.24, 2.45) is 5.92 Å². The molecule has 41 heavy (non-hydrogen) atoms. The van der Waals surface area contributed by atoms with E-state index in [0.29, 0.717) is 30.1 Å². The fourth-order valence-electron chi connectivity index (χ4n) is 5.90. The van der Waals surface area contributed by atoms with E-state index in [4.69, 9.17) is 11.6 Å². The highest BCUT2D eigenvalue weighted by atomic mass is 35.5. The van der Waals surface area contributed by atoms with E-state index in [-0.39, 0.29) is 45.3 Å². The topological polar surface area (TPSA) is 110 Å². The molecule has 3 amide bonds. The van der Waals surface area contributed by atoms with E-state index in [1.807, 2.05) is 10.6 Å². The molecule has 0 radical (unpaired) electrons. The number of aromatic nitrogens is 2. The summed E-state index contributed by atoms with van der Waals surface area (Å²) >= 11 is 6.27. The largest absolute Gasteiger partial charge is 0.618 e. The molecule has 2 N–H and O–H groups in total. The van der Waals surface area contributed by atoms with Crippen LogP contribution in [0.25, 0.3) is 11.1 Å². The third-order valence-electron chi connectivity index (χ3n) is 8.18. The van der Waals surface area contributed by atoms with Gasteiger partial charge in [-0.2, -0.15) is 4.73 Å². The average molecular weight is 582 g/mol. The second kappa shape index (κ2) is 11.9. The molecule has 0 bridgehead atoms. The molecule has 1 saturated carbocycles. The molecule has 216 valence electrons. The highest BCUT2D eigenvalue weighted by Crippen LogP contribution is 2.33. The molecule has 9 nitrogen and oxygen atoms in total. The lowest BCUT2D eigenvalue weighted by molar-refractivity contribution is -0.611. The number of fused-ring (bicyclic) bond motifs is 1. The van der Waals surface area contributed by atoms with E-state index < -0.39 is 17.8 Å². The van der Waals surface area contributed by atoms with E-state index in [1.54, 1.807) is 24.0 Å². The van der Waals surface area contributed by atoms with Crippen molar-refractivity contribution in [3.05, 3.63) is 75.7 Å². The minimum absolute atomic E-state index is 0.0157. The van der Waals surface area contributed by atoms with Gasteiger partial charge >= 0.3 is 0 Å². The molecule has 1 aromatic carbocycles. The summed E-state index contributed by atoms with van der Waals surface area (Å²) < 4.78 is 17.8. The fraction of sp³-hybridized carbons (Fsp3) is 0.400. The Morgan fingerprint density at radius 1 is 1.10 bits per heavy atom. The van der Waals surface area contributed by atoms with Crippen molar-refractivity contribution in [3.8, 4) is 11.1 Å². The summed E-state index contributed by atoms with van der Waals surface area (Å²) in [6.07, 6.45) is 5.86. The number of rotatable bonds is 6. The molecule has 1 aliphatic heterocycles. The Hall–Kier alpha value is -3.92. The van der Waals surface area contributed by atoms with Crippen molar-refractivity contribution in [2.75, 3.05) is 11.9 Å². The number of nitrogens with zero attached hydrogens (tertiary/aromatic N) is 3. The van der Waals surface area contributed by atoms with Gasteiger partial charge in [0.1, 0.15) is 17.6 Å². The first-order valence-electron chi connectivity index (χ1n) is 13.9. The molecule has 0 saturated heterocycles. The van der Waals surface area contributed by atoms with Gasteiger partial charge in [0.2, 0.25) is 11.8 Å². The third kappa shape index (κ3) is 5.93. The maximum absolute atomic E-state index is 15.2. The minimum Gasteiger partial charge on any atom is -0.618 e. The Kier molecular flexibility index (Phi) is 8.30.